The first-order valence-electron chi connectivity index (χ1n) is 7.85. The molecule has 22 heavy (non-hydrogen) atoms. The third-order valence-corrected chi connectivity index (χ3v) is 5.16. The highest BCUT2D eigenvalue weighted by Gasteiger charge is 2.20. The van der Waals surface area contributed by atoms with Gasteiger partial charge in [-0.05, 0) is 42.4 Å². The van der Waals surface area contributed by atoms with Gasteiger partial charge in [-0.3, -0.25) is 0 Å². The predicted molar refractivity (Wildman–Crippen MR) is 89.9 cm³/mol. The van der Waals surface area contributed by atoms with Gasteiger partial charge in [0.25, 0.3) is 0 Å². The van der Waals surface area contributed by atoms with Crippen LogP contribution in [-0.2, 0) is 21.2 Å². The summed E-state index contributed by atoms with van der Waals surface area (Å²) >= 11 is 0. The smallest absolute Gasteiger partial charge is 0.236 e. The van der Waals surface area contributed by atoms with E-state index >= 15 is 0 Å². The predicted octanol–water partition coefficient (Wildman–Crippen LogP) is 2.96. The molecule has 4 nitrogen and oxygen atoms in total. The summed E-state index contributed by atoms with van der Waals surface area (Å²) in [6, 6.07) is 7.93. The van der Waals surface area contributed by atoms with Crippen molar-refractivity contribution < 1.29 is 13.2 Å². The number of benzene rings is 1. The van der Waals surface area contributed by atoms with Gasteiger partial charge >= 0.3 is 0 Å². The van der Waals surface area contributed by atoms with Crippen molar-refractivity contribution in [2.75, 3.05) is 19.8 Å². The fraction of sp³-hybridized carbons (Fsp3) is 0.529. The number of nitrogens with one attached hydrogen (secondary N) is 1. The first-order valence-corrected chi connectivity index (χ1v) is 9.33. The average Bonchev–Trinajstić information content (AvgIpc) is 2.50. The highest BCUT2D eigenvalue weighted by molar-refractivity contribution is 7.93. The molecule has 0 spiro atoms. The zero-order valence-corrected chi connectivity index (χ0v) is 14.2. The number of hydrogen-bond donors (Lipinski definition) is 1. The van der Waals surface area contributed by atoms with E-state index in [0.717, 1.165) is 12.0 Å². The molecule has 1 aromatic carbocycles. The van der Waals surface area contributed by atoms with E-state index in [9.17, 15) is 8.42 Å². The SMILES string of the molecule is CC(C)COCCCNS(=O)(=O)C1=Cc2ccccc2CC1. The Bertz CT molecular complexity index is 621. The molecule has 1 aliphatic rings. The van der Waals surface area contributed by atoms with Gasteiger partial charge in [0.15, 0.2) is 0 Å². The third kappa shape index (κ3) is 4.93. The van der Waals surface area contributed by atoms with Crippen molar-refractivity contribution in [2.45, 2.75) is 33.1 Å². The van der Waals surface area contributed by atoms with Crippen LogP contribution in [0.5, 0.6) is 0 Å². The van der Waals surface area contributed by atoms with Gasteiger partial charge in [-0.15, -0.1) is 0 Å². The van der Waals surface area contributed by atoms with Crippen LogP contribution >= 0.6 is 0 Å². The highest BCUT2D eigenvalue weighted by atomic mass is 32.2. The van der Waals surface area contributed by atoms with Crippen LogP contribution in [-0.4, -0.2) is 28.2 Å². The van der Waals surface area contributed by atoms with Crippen LogP contribution in [0, 0.1) is 5.92 Å². The quantitative estimate of drug-likeness (QED) is 0.748. The van der Waals surface area contributed by atoms with Crippen molar-refractivity contribution in [2.24, 2.45) is 5.92 Å². The van der Waals surface area contributed by atoms with Crippen LogP contribution in [0.2, 0.25) is 0 Å². The number of allylic oxidation sites excluding steroid dienone is 1. The third-order valence-electron chi connectivity index (χ3n) is 3.57. The molecular weight excluding hydrogens is 298 g/mol. The first kappa shape index (κ1) is 17.2. The molecule has 0 aliphatic heterocycles. The lowest BCUT2D eigenvalue weighted by Gasteiger charge is -2.17. The lowest BCUT2D eigenvalue weighted by molar-refractivity contribution is 0.109. The van der Waals surface area contributed by atoms with Crippen LogP contribution in [0.4, 0.5) is 0 Å². The minimum absolute atomic E-state index is 0.416. The van der Waals surface area contributed by atoms with E-state index in [0.29, 0.717) is 43.4 Å². The molecule has 0 aromatic heterocycles. The Morgan fingerprint density at radius 3 is 2.77 bits per heavy atom. The van der Waals surface area contributed by atoms with Gasteiger partial charge in [0.2, 0.25) is 10.0 Å². The Kier molecular flexibility index (Phi) is 6.17. The van der Waals surface area contributed by atoms with E-state index in [2.05, 4.69) is 24.6 Å². The monoisotopic (exact) mass is 323 g/mol. The molecule has 0 amide bonds. The second kappa shape index (κ2) is 7.90. The Morgan fingerprint density at radius 2 is 2.00 bits per heavy atom. The van der Waals surface area contributed by atoms with E-state index < -0.39 is 10.0 Å². The molecule has 0 atom stereocenters. The maximum absolute atomic E-state index is 12.3. The van der Waals surface area contributed by atoms with Crippen LogP contribution in [0.1, 0.15) is 37.8 Å². The molecule has 0 saturated heterocycles. The summed E-state index contributed by atoms with van der Waals surface area (Å²) in [5.41, 5.74) is 2.22. The Labute approximate surface area is 133 Å². The fourth-order valence-corrected chi connectivity index (χ4v) is 3.66. The molecule has 0 radical (unpaired) electrons. The zero-order chi connectivity index (χ0) is 16.0. The molecular formula is C17H25NO3S. The number of ether oxygens (including phenoxy) is 1. The number of aryl methyl sites for hydroxylation is 1. The van der Waals surface area contributed by atoms with Crippen molar-refractivity contribution >= 4 is 16.1 Å². The summed E-state index contributed by atoms with van der Waals surface area (Å²) in [5, 5.41) is 0. The standard InChI is InChI=1S/C17H25NO3S/c1-14(2)13-21-11-5-10-18-22(19,20)17-9-8-15-6-3-4-7-16(15)12-17/h3-4,6-7,12,14,18H,5,8-11,13H2,1-2H3. The second-order valence-corrected chi connectivity index (χ2v) is 7.85. The van der Waals surface area contributed by atoms with Gasteiger partial charge in [-0.25, -0.2) is 13.1 Å². The van der Waals surface area contributed by atoms with E-state index in [1.54, 1.807) is 6.08 Å². The molecule has 0 fully saturated rings. The van der Waals surface area contributed by atoms with Crippen molar-refractivity contribution in [1.29, 1.82) is 0 Å². The Balaban J connectivity index is 1.85. The molecule has 1 aromatic rings. The lowest BCUT2D eigenvalue weighted by Crippen LogP contribution is -2.27. The van der Waals surface area contributed by atoms with Gasteiger partial charge in [-0.1, -0.05) is 38.1 Å². The van der Waals surface area contributed by atoms with Gasteiger partial charge in [-0.2, -0.15) is 0 Å². The normalized spacial score (nSPS) is 14.8. The number of sulfonamides is 1. The fourth-order valence-electron chi connectivity index (χ4n) is 2.41. The summed E-state index contributed by atoms with van der Waals surface area (Å²) in [4.78, 5) is 0.481. The van der Waals surface area contributed by atoms with Crippen molar-refractivity contribution in [3.05, 3.63) is 40.3 Å². The summed E-state index contributed by atoms with van der Waals surface area (Å²) in [5.74, 6) is 0.504. The summed E-state index contributed by atoms with van der Waals surface area (Å²) < 4.78 is 32.8. The number of hydrogen-bond acceptors (Lipinski definition) is 3. The average molecular weight is 323 g/mol. The van der Waals surface area contributed by atoms with Crippen LogP contribution in [0.25, 0.3) is 6.08 Å². The van der Waals surface area contributed by atoms with Gasteiger partial charge in [0.05, 0.1) is 4.91 Å². The Hall–Kier alpha value is -1.17. The van der Waals surface area contributed by atoms with Crippen molar-refractivity contribution in [3.8, 4) is 0 Å². The molecule has 0 heterocycles. The summed E-state index contributed by atoms with van der Waals surface area (Å²) in [6.07, 6.45) is 3.82. The van der Waals surface area contributed by atoms with E-state index in [4.69, 9.17) is 4.74 Å². The largest absolute Gasteiger partial charge is 0.381 e. The van der Waals surface area contributed by atoms with Gasteiger partial charge < -0.3 is 4.74 Å². The van der Waals surface area contributed by atoms with E-state index in [-0.39, 0.29) is 0 Å². The molecule has 0 saturated carbocycles. The highest BCUT2D eigenvalue weighted by Crippen LogP contribution is 2.26. The van der Waals surface area contributed by atoms with Crippen molar-refractivity contribution in [1.82, 2.24) is 4.72 Å². The van der Waals surface area contributed by atoms with E-state index in [1.165, 1.54) is 5.56 Å². The van der Waals surface area contributed by atoms with Crippen LogP contribution in [0.15, 0.2) is 29.2 Å². The molecule has 122 valence electrons. The number of fused-ring (bicyclic) bond motifs is 1. The maximum atomic E-state index is 12.3. The molecule has 5 heteroatoms. The molecule has 1 aliphatic carbocycles. The molecule has 1 N–H and O–H groups in total. The molecule has 0 bridgehead atoms. The van der Waals surface area contributed by atoms with Crippen LogP contribution < -0.4 is 4.72 Å². The minimum Gasteiger partial charge on any atom is -0.381 e. The van der Waals surface area contributed by atoms with Crippen molar-refractivity contribution in [3.63, 3.8) is 0 Å². The maximum Gasteiger partial charge on any atom is 0.236 e. The molecule has 2 rings (SSSR count). The summed E-state index contributed by atoms with van der Waals surface area (Å²) in [7, 11) is -3.37. The number of rotatable bonds is 8. The minimum atomic E-state index is -3.37. The Morgan fingerprint density at radius 1 is 1.23 bits per heavy atom. The van der Waals surface area contributed by atoms with Gasteiger partial charge in [0.1, 0.15) is 0 Å². The second-order valence-electron chi connectivity index (χ2n) is 6.03. The first-order chi connectivity index (χ1) is 10.5. The zero-order valence-electron chi connectivity index (χ0n) is 13.3. The topological polar surface area (TPSA) is 55.4 Å². The van der Waals surface area contributed by atoms with Crippen LogP contribution in [0.3, 0.4) is 0 Å². The summed E-state index contributed by atoms with van der Waals surface area (Å²) in [6.45, 7) is 5.91. The lowest BCUT2D eigenvalue weighted by atomic mass is 9.98. The van der Waals surface area contributed by atoms with Gasteiger partial charge in [0, 0.05) is 19.8 Å². The van der Waals surface area contributed by atoms with E-state index in [1.807, 2.05) is 18.2 Å². The molecule has 0 unspecified atom stereocenters.